The first-order valence-electron chi connectivity index (χ1n) is 8.30. The second kappa shape index (κ2) is 8.30. The van der Waals surface area contributed by atoms with Crippen molar-refractivity contribution in [2.75, 3.05) is 11.9 Å². The summed E-state index contributed by atoms with van der Waals surface area (Å²) in [5, 5.41) is 2.57. The number of carbonyl (C=O) groups excluding carboxylic acids is 2. The number of benzene rings is 3. The number of halogens is 2. The zero-order chi connectivity index (χ0) is 20.1. The molecule has 0 aliphatic carbocycles. The molecule has 3 rings (SSSR count). The summed E-state index contributed by atoms with van der Waals surface area (Å²) in [4.78, 5) is 23.3. The minimum atomic E-state index is -0.709. The minimum Gasteiger partial charge on any atom is -0.484 e. The molecule has 3 aromatic carbocycles. The van der Waals surface area contributed by atoms with Crippen LogP contribution in [0, 0.1) is 11.6 Å². The van der Waals surface area contributed by atoms with Gasteiger partial charge in [-0.3, -0.25) is 9.59 Å². The van der Waals surface area contributed by atoms with Crippen LogP contribution in [0.4, 0.5) is 14.5 Å². The summed E-state index contributed by atoms with van der Waals surface area (Å²) in [6.07, 6.45) is 0. The lowest BCUT2D eigenvalue weighted by Gasteiger charge is -2.10. The van der Waals surface area contributed by atoms with Crippen LogP contribution in [0.2, 0.25) is 0 Å². The van der Waals surface area contributed by atoms with Crippen molar-refractivity contribution >= 4 is 17.5 Å². The molecule has 0 fully saturated rings. The Morgan fingerprint density at radius 2 is 1.68 bits per heavy atom. The van der Waals surface area contributed by atoms with Gasteiger partial charge in [0.25, 0.3) is 11.8 Å². The first-order valence-corrected chi connectivity index (χ1v) is 8.30. The minimum absolute atomic E-state index is 0.190. The molecule has 0 aliphatic heterocycles. The maximum atomic E-state index is 14.2. The number of anilines is 1. The van der Waals surface area contributed by atoms with E-state index in [1.54, 1.807) is 24.3 Å². The monoisotopic (exact) mass is 382 g/mol. The van der Waals surface area contributed by atoms with E-state index >= 15 is 0 Å². The number of ether oxygens (including phenoxy) is 1. The Bertz CT molecular complexity index is 1040. The van der Waals surface area contributed by atoms with Gasteiger partial charge in [-0.1, -0.05) is 24.3 Å². The van der Waals surface area contributed by atoms with Crippen molar-refractivity contribution in [3.05, 3.63) is 83.9 Å². The molecule has 0 heterocycles. The molecular weight excluding hydrogens is 366 g/mol. The van der Waals surface area contributed by atoms with Gasteiger partial charge in [0, 0.05) is 11.8 Å². The van der Waals surface area contributed by atoms with Crippen LogP contribution in [0.25, 0.3) is 11.1 Å². The fourth-order valence-electron chi connectivity index (χ4n) is 2.56. The Labute approximate surface area is 159 Å². The van der Waals surface area contributed by atoms with E-state index in [1.807, 2.05) is 0 Å². The van der Waals surface area contributed by atoms with Crippen LogP contribution in [0.1, 0.15) is 10.4 Å². The molecule has 0 unspecified atom stereocenters. The van der Waals surface area contributed by atoms with E-state index in [4.69, 9.17) is 10.5 Å². The molecule has 0 bridgehead atoms. The normalized spacial score (nSPS) is 10.4. The van der Waals surface area contributed by atoms with E-state index in [0.29, 0.717) is 22.6 Å². The molecule has 28 heavy (non-hydrogen) atoms. The Morgan fingerprint density at radius 3 is 2.43 bits per heavy atom. The number of nitrogens with one attached hydrogen (secondary N) is 1. The van der Waals surface area contributed by atoms with Crippen molar-refractivity contribution < 1.29 is 23.1 Å². The van der Waals surface area contributed by atoms with E-state index < -0.39 is 23.4 Å². The van der Waals surface area contributed by atoms with Gasteiger partial charge in [-0.25, -0.2) is 8.78 Å². The Kier molecular flexibility index (Phi) is 5.64. The topological polar surface area (TPSA) is 81.4 Å². The second-order valence-corrected chi connectivity index (χ2v) is 5.94. The molecule has 142 valence electrons. The Hall–Kier alpha value is -3.74. The lowest BCUT2D eigenvalue weighted by atomic mass is 10.0. The highest BCUT2D eigenvalue weighted by Gasteiger charge is 2.14. The molecule has 3 N–H and O–H groups in total. The summed E-state index contributed by atoms with van der Waals surface area (Å²) in [6.45, 7) is -0.304. The van der Waals surface area contributed by atoms with Crippen LogP contribution in [0.3, 0.4) is 0 Å². The van der Waals surface area contributed by atoms with Crippen molar-refractivity contribution in [2.45, 2.75) is 0 Å². The lowest BCUT2D eigenvalue weighted by Crippen LogP contribution is -2.20. The number of hydrogen-bond acceptors (Lipinski definition) is 3. The van der Waals surface area contributed by atoms with Crippen molar-refractivity contribution in [3.8, 4) is 16.9 Å². The Balaban J connectivity index is 1.82. The Morgan fingerprint density at radius 1 is 0.929 bits per heavy atom. The number of hydrogen-bond donors (Lipinski definition) is 2. The first kappa shape index (κ1) is 19.0. The zero-order valence-corrected chi connectivity index (χ0v) is 14.6. The largest absolute Gasteiger partial charge is 0.484 e. The lowest BCUT2D eigenvalue weighted by molar-refractivity contribution is -0.119. The highest BCUT2D eigenvalue weighted by atomic mass is 19.1. The van der Waals surface area contributed by atoms with Crippen molar-refractivity contribution in [3.63, 3.8) is 0 Å². The van der Waals surface area contributed by atoms with Crippen LogP contribution in [0.5, 0.6) is 5.75 Å². The van der Waals surface area contributed by atoms with Crippen LogP contribution < -0.4 is 15.8 Å². The third-order valence-electron chi connectivity index (χ3n) is 3.84. The summed E-state index contributed by atoms with van der Waals surface area (Å²) in [6, 6.07) is 16.0. The fourth-order valence-corrected chi connectivity index (χ4v) is 2.56. The van der Waals surface area contributed by atoms with Gasteiger partial charge in [-0.05, 0) is 47.5 Å². The second-order valence-electron chi connectivity index (χ2n) is 5.94. The number of rotatable bonds is 6. The van der Waals surface area contributed by atoms with Crippen molar-refractivity contribution in [1.29, 1.82) is 0 Å². The highest BCUT2D eigenvalue weighted by Crippen LogP contribution is 2.24. The maximum Gasteiger partial charge on any atom is 0.258 e. The number of amides is 2. The van der Waals surface area contributed by atoms with E-state index in [-0.39, 0.29) is 12.2 Å². The number of nitrogens with two attached hydrogens (primary N) is 1. The van der Waals surface area contributed by atoms with Gasteiger partial charge in [0.05, 0.1) is 5.56 Å². The third kappa shape index (κ3) is 4.70. The molecule has 0 atom stereocenters. The molecule has 0 aromatic heterocycles. The van der Waals surface area contributed by atoms with E-state index in [9.17, 15) is 18.4 Å². The van der Waals surface area contributed by atoms with E-state index in [1.165, 1.54) is 36.4 Å². The van der Waals surface area contributed by atoms with E-state index in [2.05, 4.69) is 5.32 Å². The summed E-state index contributed by atoms with van der Waals surface area (Å²) in [7, 11) is 0. The zero-order valence-electron chi connectivity index (χ0n) is 14.6. The molecule has 0 saturated carbocycles. The molecule has 0 aliphatic rings. The van der Waals surface area contributed by atoms with Gasteiger partial charge in [0.1, 0.15) is 17.4 Å². The standard InChI is InChI=1S/C21H16F2N2O3/c22-15-4-1-3-13(9-15)14-7-8-19(23)18(10-14)21(27)25-16-5-2-6-17(11-16)28-12-20(24)26/h1-11H,12H2,(H2,24,26)(H,25,27). The predicted octanol–water partition coefficient (Wildman–Crippen LogP) is 3.75. The van der Waals surface area contributed by atoms with Gasteiger partial charge in [0.15, 0.2) is 6.61 Å². The molecule has 3 aromatic rings. The SMILES string of the molecule is NC(=O)COc1cccc(NC(=O)c2cc(-c3cccc(F)c3)ccc2F)c1. The molecule has 0 radical (unpaired) electrons. The molecule has 7 heteroatoms. The van der Waals surface area contributed by atoms with Crippen molar-refractivity contribution in [2.24, 2.45) is 5.73 Å². The molecule has 0 saturated heterocycles. The number of carbonyl (C=O) groups is 2. The van der Waals surface area contributed by atoms with Gasteiger partial charge in [0.2, 0.25) is 0 Å². The molecule has 5 nitrogen and oxygen atoms in total. The van der Waals surface area contributed by atoms with Gasteiger partial charge in [-0.15, -0.1) is 0 Å². The van der Waals surface area contributed by atoms with Crippen LogP contribution in [-0.4, -0.2) is 18.4 Å². The van der Waals surface area contributed by atoms with Gasteiger partial charge >= 0.3 is 0 Å². The quantitative estimate of drug-likeness (QED) is 0.681. The van der Waals surface area contributed by atoms with Gasteiger partial charge in [-0.2, -0.15) is 0 Å². The summed E-state index contributed by atoms with van der Waals surface area (Å²) in [5.74, 6) is -2.13. The third-order valence-corrected chi connectivity index (χ3v) is 3.84. The average Bonchev–Trinajstić information content (AvgIpc) is 2.67. The summed E-state index contributed by atoms with van der Waals surface area (Å²) in [5.41, 5.74) is 6.21. The van der Waals surface area contributed by atoms with Gasteiger partial charge < -0.3 is 15.8 Å². The summed E-state index contributed by atoms with van der Waals surface area (Å²) < 4.78 is 32.8. The van der Waals surface area contributed by atoms with Crippen LogP contribution in [0.15, 0.2) is 66.7 Å². The van der Waals surface area contributed by atoms with Crippen LogP contribution >= 0.6 is 0 Å². The van der Waals surface area contributed by atoms with E-state index in [0.717, 1.165) is 6.07 Å². The molecular formula is C21H16F2N2O3. The first-order chi connectivity index (χ1) is 13.4. The summed E-state index contributed by atoms with van der Waals surface area (Å²) >= 11 is 0. The average molecular weight is 382 g/mol. The molecule has 0 spiro atoms. The predicted molar refractivity (Wildman–Crippen MR) is 101 cm³/mol. The smallest absolute Gasteiger partial charge is 0.258 e. The maximum absolute atomic E-state index is 14.2. The van der Waals surface area contributed by atoms with Crippen molar-refractivity contribution in [1.82, 2.24) is 0 Å². The highest BCUT2D eigenvalue weighted by molar-refractivity contribution is 6.05. The molecule has 2 amide bonds. The number of primary amides is 1. The van der Waals surface area contributed by atoms with Crippen LogP contribution in [-0.2, 0) is 4.79 Å². The fraction of sp³-hybridized carbons (Fsp3) is 0.0476.